The summed E-state index contributed by atoms with van der Waals surface area (Å²) in [5, 5.41) is 5.07. The lowest BCUT2D eigenvalue weighted by Gasteiger charge is -2.12. The summed E-state index contributed by atoms with van der Waals surface area (Å²) in [5.41, 5.74) is 9.72. The van der Waals surface area contributed by atoms with Gasteiger partial charge in [0.1, 0.15) is 0 Å². The van der Waals surface area contributed by atoms with Crippen LogP contribution >= 0.6 is 31.9 Å². The number of aryl methyl sites for hydroxylation is 2. The second kappa shape index (κ2) is 8.09. The molecule has 0 unspecified atom stereocenters. The van der Waals surface area contributed by atoms with Crippen molar-refractivity contribution < 1.29 is 0 Å². The Morgan fingerprint density at radius 3 is 1.14 bits per heavy atom. The highest BCUT2D eigenvalue weighted by Gasteiger charge is 2.15. The fourth-order valence-electron chi connectivity index (χ4n) is 5.53. The van der Waals surface area contributed by atoms with Crippen molar-refractivity contribution in [3.63, 3.8) is 0 Å². The summed E-state index contributed by atoms with van der Waals surface area (Å²) in [6.45, 7) is 4.31. The molecular weight excluding hydrogens is 572 g/mol. The molecule has 0 spiro atoms. The molecule has 7 aromatic rings. The van der Waals surface area contributed by atoms with Crippen molar-refractivity contribution in [2.24, 2.45) is 0 Å². The molecule has 0 aliphatic rings. The first-order valence-corrected chi connectivity index (χ1v) is 13.6. The van der Waals surface area contributed by atoms with Crippen molar-refractivity contribution in [2.45, 2.75) is 13.8 Å². The van der Waals surface area contributed by atoms with Crippen LogP contribution in [-0.4, -0.2) is 9.13 Å². The Labute approximate surface area is 226 Å². The molecule has 174 valence electrons. The predicted molar refractivity (Wildman–Crippen MR) is 160 cm³/mol. The Morgan fingerprint density at radius 2 is 0.750 bits per heavy atom. The van der Waals surface area contributed by atoms with Gasteiger partial charge in [0.25, 0.3) is 0 Å². The summed E-state index contributed by atoms with van der Waals surface area (Å²) in [7, 11) is 0. The molecule has 7 rings (SSSR count). The largest absolute Gasteiger partial charge is 0.309 e. The molecule has 2 aromatic heterocycles. The van der Waals surface area contributed by atoms with E-state index in [1.165, 1.54) is 54.7 Å². The zero-order chi connectivity index (χ0) is 24.6. The minimum absolute atomic E-state index is 1.10. The maximum Gasteiger partial charge on any atom is 0.0541 e. The zero-order valence-electron chi connectivity index (χ0n) is 19.9. The summed E-state index contributed by atoms with van der Waals surface area (Å²) in [4.78, 5) is 0. The molecule has 0 fully saturated rings. The van der Waals surface area contributed by atoms with Crippen molar-refractivity contribution in [1.29, 1.82) is 0 Å². The maximum absolute atomic E-state index is 3.67. The van der Waals surface area contributed by atoms with Crippen LogP contribution in [-0.2, 0) is 0 Å². The van der Waals surface area contributed by atoms with E-state index in [-0.39, 0.29) is 0 Å². The lowest BCUT2D eigenvalue weighted by Crippen LogP contribution is -1.97. The van der Waals surface area contributed by atoms with Gasteiger partial charge in [-0.3, -0.25) is 0 Å². The van der Waals surface area contributed by atoms with Crippen molar-refractivity contribution >= 4 is 75.5 Å². The topological polar surface area (TPSA) is 9.86 Å². The number of benzene rings is 5. The highest BCUT2D eigenvalue weighted by Crippen LogP contribution is 2.37. The van der Waals surface area contributed by atoms with E-state index in [0.717, 1.165) is 20.3 Å². The molecule has 0 bridgehead atoms. The second-order valence-corrected chi connectivity index (χ2v) is 11.4. The zero-order valence-corrected chi connectivity index (χ0v) is 23.1. The number of aromatic nitrogens is 2. The van der Waals surface area contributed by atoms with E-state index in [1.54, 1.807) is 0 Å². The van der Waals surface area contributed by atoms with Gasteiger partial charge < -0.3 is 9.13 Å². The second-order valence-electron chi connectivity index (χ2n) is 9.55. The van der Waals surface area contributed by atoms with Crippen molar-refractivity contribution in [3.05, 3.63) is 117 Å². The third kappa shape index (κ3) is 3.28. The molecule has 0 amide bonds. The first-order valence-electron chi connectivity index (χ1n) is 12.0. The SMILES string of the molecule is Cc1ccc2c(c1)c1cc(Br)ccc1n2-c1ccc(-n2c3ccc(C)cc3c3cc(Br)ccc32)cc1. The van der Waals surface area contributed by atoms with Gasteiger partial charge >= 0.3 is 0 Å². The van der Waals surface area contributed by atoms with Gasteiger partial charge in [0.05, 0.1) is 22.1 Å². The van der Waals surface area contributed by atoms with Crippen molar-refractivity contribution in [1.82, 2.24) is 9.13 Å². The van der Waals surface area contributed by atoms with Crippen LogP contribution < -0.4 is 0 Å². The van der Waals surface area contributed by atoms with Crippen LogP contribution in [0.5, 0.6) is 0 Å². The van der Waals surface area contributed by atoms with Gasteiger partial charge in [0.15, 0.2) is 0 Å². The number of rotatable bonds is 2. The van der Waals surface area contributed by atoms with Gasteiger partial charge in [-0.05, 0) is 98.8 Å². The highest BCUT2D eigenvalue weighted by molar-refractivity contribution is 9.10. The van der Waals surface area contributed by atoms with Gasteiger partial charge in [0.2, 0.25) is 0 Å². The summed E-state index contributed by atoms with van der Waals surface area (Å²) >= 11 is 7.33. The monoisotopic (exact) mass is 592 g/mol. The molecule has 5 aromatic carbocycles. The Bertz CT molecular complexity index is 1710. The van der Waals surface area contributed by atoms with E-state index in [9.17, 15) is 0 Å². The normalized spacial score (nSPS) is 11.9. The van der Waals surface area contributed by atoms with Crippen LogP contribution in [0, 0.1) is 13.8 Å². The van der Waals surface area contributed by atoms with Gasteiger partial charge in [-0.15, -0.1) is 0 Å². The summed E-state index contributed by atoms with van der Waals surface area (Å²) in [5.74, 6) is 0. The van der Waals surface area contributed by atoms with Crippen LogP contribution in [0.1, 0.15) is 11.1 Å². The maximum atomic E-state index is 3.67. The Balaban J connectivity index is 1.46. The van der Waals surface area contributed by atoms with Crippen LogP contribution in [0.25, 0.3) is 55.0 Å². The molecule has 4 heteroatoms. The molecule has 0 atom stereocenters. The number of hydrogen-bond acceptors (Lipinski definition) is 0. The molecule has 0 aliphatic carbocycles. The molecule has 0 saturated heterocycles. The highest BCUT2D eigenvalue weighted by atomic mass is 79.9. The summed E-state index contributed by atoms with van der Waals surface area (Å²) in [6.07, 6.45) is 0. The van der Waals surface area contributed by atoms with Crippen LogP contribution in [0.15, 0.2) is 106 Å². The van der Waals surface area contributed by atoms with Gasteiger partial charge in [0, 0.05) is 41.9 Å². The molecule has 0 N–H and O–H groups in total. The Hall–Kier alpha value is -3.34. The number of hydrogen-bond donors (Lipinski definition) is 0. The standard InChI is InChI=1S/C32H22Br2N2/c1-19-3-11-29-25(15-19)27-17-21(33)5-13-31(27)35(29)23-7-9-24(10-8-23)36-30-12-4-20(2)16-26(30)28-18-22(34)6-14-32(28)36/h3-18H,1-2H3. The number of fused-ring (bicyclic) bond motifs is 6. The lowest BCUT2D eigenvalue weighted by atomic mass is 10.1. The summed E-state index contributed by atoms with van der Waals surface area (Å²) < 4.78 is 6.93. The molecule has 2 nitrogen and oxygen atoms in total. The minimum Gasteiger partial charge on any atom is -0.309 e. The Kier molecular flexibility index (Phi) is 4.92. The van der Waals surface area contributed by atoms with Crippen molar-refractivity contribution in [2.75, 3.05) is 0 Å². The fourth-order valence-corrected chi connectivity index (χ4v) is 6.25. The Morgan fingerprint density at radius 1 is 0.417 bits per heavy atom. The lowest BCUT2D eigenvalue weighted by molar-refractivity contribution is 1.14. The molecule has 2 heterocycles. The van der Waals surface area contributed by atoms with Crippen LogP contribution in [0.4, 0.5) is 0 Å². The number of nitrogens with zero attached hydrogens (tertiary/aromatic N) is 2. The first-order chi connectivity index (χ1) is 17.5. The van der Waals surface area contributed by atoms with E-state index in [1.807, 2.05) is 0 Å². The van der Waals surface area contributed by atoms with E-state index in [2.05, 4.69) is 152 Å². The third-order valence-corrected chi connectivity index (χ3v) is 8.12. The van der Waals surface area contributed by atoms with Gasteiger partial charge in [-0.2, -0.15) is 0 Å². The molecule has 0 saturated carbocycles. The average molecular weight is 594 g/mol. The smallest absolute Gasteiger partial charge is 0.0541 e. The minimum atomic E-state index is 1.10. The number of halogens is 2. The first kappa shape index (κ1) is 21.9. The van der Waals surface area contributed by atoms with E-state index >= 15 is 0 Å². The fraction of sp³-hybridized carbons (Fsp3) is 0.0625. The van der Waals surface area contributed by atoms with Crippen LogP contribution in [0.2, 0.25) is 0 Å². The van der Waals surface area contributed by atoms with Gasteiger partial charge in [-0.25, -0.2) is 0 Å². The molecule has 0 aliphatic heterocycles. The quantitative estimate of drug-likeness (QED) is 0.189. The van der Waals surface area contributed by atoms with Gasteiger partial charge in [-0.1, -0.05) is 55.1 Å². The van der Waals surface area contributed by atoms with E-state index in [0.29, 0.717) is 0 Å². The summed E-state index contributed by atoms with van der Waals surface area (Å²) in [6, 6.07) is 35.5. The average Bonchev–Trinajstić information content (AvgIpc) is 3.35. The molecular formula is C32H22Br2N2. The van der Waals surface area contributed by atoms with Crippen LogP contribution in [0.3, 0.4) is 0 Å². The molecule has 36 heavy (non-hydrogen) atoms. The molecule has 0 radical (unpaired) electrons. The van der Waals surface area contributed by atoms with E-state index in [4.69, 9.17) is 0 Å². The predicted octanol–water partition coefficient (Wildman–Crippen LogP) is 10.0. The van der Waals surface area contributed by atoms with E-state index < -0.39 is 0 Å². The van der Waals surface area contributed by atoms with Crippen molar-refractivity contribution in [3.8, 4) is 11.4 Å². The third-order valence-electron chi connectivity index (χ3n) is 7.13.